The zero-order valence-corrected chi connectivity index (χ0v) is 12.9. The van der Waals surface area contributed by atoms with Crippen molar-refractivity contribution in [1.82, 2.24) is 9.88 Å². The molecule has 1 aromatic heterocycles. The Morgan fingerprint density at radius 1 is 1.25 bits per heavy atom. The molecule has 3 heteroatoms. The van der Waals surface area contributed by atoms with Gasteiger partial charge in [-0.05, 0) is 30.5 Å². The molecule has 110 valence electrons. The van der Waals surface area contributed by atoms with Gasteiger partial charge in [-0.1, -0.05) is 32.0 Å². The summed E-state index contributed by atoms with van der Waals surface area (Å²) >= 11 is 0. The van der Waals surface area contributed by atoms with Gasteiger partial charge in [0, 0.05) is 43.9 Å². The molecule has 0 radical (unpaired) electrons. The molecule has 0 aliphatic carbocycles. The van der Waals surface area contributed by atoms with Gasteiger partial charge >= 0.3 is 0 Å². The minimum atomic E-state index is 0.685. The number of nitrogens with one attached hydrogen (secondary N) is 1. The highest BCUT2D eigenvalue weighted by molar-refractivity contribution is 5.83. The number of hydrogen-bond acceptors (Lipinski definition) is 2. The molecule has 0 spiro atoms. The van der Waals surface area contributed by atoms with Gasteiger partial charge in [0.05, 0.1) is 0 Å². The number of aromatic nitrogens is 1. The number of nitrogens with zero attached hydrogens (tertiary/aromatic N) is 1. The largest absolute Gasteiger partial charge is 0.385 e. The topological polar surface area (TPSA) is 26.2 Å². The van der Waals surface area contributed by atoms with Crippen LogP contribution in [0.4, 0.5) is 0 Å². The van der Waals surface area contributed by atoms with E-state index >= 15 is 0 Å². The number of aryl methyl sites for hydroxylation is 1. The molecule has 0 unspecified atom stereocenters. The number of fused-ring (bicyclic) bond motifs is 1. The van der Waals surface area contributed by atoms with Crippen LogP contribution in [0.2, 0.25) is 0 Å². The van der Waals surface area contributed by atoms with Gasteiger partial charge in [-0.2, -0.15) is 0 Å². The second-order valence-corrected chi connectivity index (χ2v) is 5.74. The van der Waals surface area contributed by atoms with Crippen LogP contribution in [0.5, 0.6) is 0 Å². The maximum absolute atomic E-state index is 5.15. The average Bonchev–Trinajstić information content (AvgIpc) is 2.78. The molecule has 2 rings (SSSR count). The van der Waals surface area contributed by atoms with Crippen molar-refractivity contribution in [2.24, 2.45) is 5.92 Å². The van der Waals surface area contributed by atoms with Crippen molar-refractivity contribution in [2.45, 2.75) is 33.4 Å². The van der Waals surface area contributed by atoms with E-state index < -0.39 is 0 Å². The van der Waals surface area contributed by atoms with E-state index in [9.17, 15) is 0 Å². The Morgan fingerprint density at radius 2 is 2.05 bits per heavy atom. The van der Waals surface area contributed by atoms with Gasteiger partial charge < -0.3 is 14.6 Å². The maximum atomic E-state index is 5.15. The molecule has 0 bridgehead atoms. The Balaban J connectivity index is 2.13. The van der Waals surface area contributed by atoms with E-state index in [1.54, 1.807) is 7.11 Å². The number of benzene rings is 1. The number of rotatable bonds is 8. The molecule has 0 aliphatic rings. The van der Waals surface area contributed by atoms with Crippen molar-refractivity contribution in [3.8, 4) is 0 Å². The highest BCUT2D eigenvalue weighted by atomic mass is 16.5. The van der Waals surface area contributed by atoms with Crippen LogP contribution in [0.15, 0.2) is 30.5 Å². The predicted octanol–water partition coefficient (Wildman–Crippen LogP) is 3.42. The van der Waals surface area contributed by atoms with E-state index in [0.29, 0.717) is 5.92 Å². The van der Waals surface area contributed by atoms with Crippen LogP contribution in [-0.4, -0.2) is 24.8 Å². The number of hydrogen-bond donors (Lipinski definition) is 1. The number of methoxy groups -OCH3 is 1. The van der Waals surface area contributed by atoms with Gasteiger partial charge in [0.2, 0.25) is 0 Å². The van der Waals surface area contributed by atoms with Crippen molar-refractivity contribution in [2.75, 3.05) is 20.3 Å². The van der Waals surface area contributed by atoms with E-state index in [1.165, 1.54) is 16.5 Å². The van der Waals surface area contributed by atoms with Crippen LogP contribution in [0, 0.1) is 5.92 Å². The highest BCUT2D eigenvalue weighted by Gasteiger charge is 2.07. The summed E-state index contributed by atoms with van der Waals surface area (Å²) in [5.41, 5.74) is 2.71. The molecule has 1 heterocycles. The summed E-state index contributed by atoms with van der Waals surface area (Å²) < 4.78 is 7.50. The maximum Gasteiger partial charge on any atom is 0.0483 e. The summed E-state index contributed by atoms with van der Waals surface area (Å²) in [5, 5.41) is 4.90. The third-order valence-corrected chi connectivity index (χ3v) is 3.49. The van der Waals surface area contributed by atoms with E-state index in [-0.39, 0.29) is 0 Å². The number of ether oxygens (including phenoxy) is 1. The minimum absolute atomic E-state index is 0.685. The quantitative estimate of drug-likeness (QED) is 0.746. The number of para-hydroxylation sites is 1. The molecule has 1 aromatic carbocycles. The molecule has 0 saturated heterocycles. The predicted molar refractivity (Wildman–Crippen MR) is 85.0 cm³/mol. The first-order valence-electron chi connectivity index (χ1n) is 7.48. The third-order valence-electron chi connectivity index (χ3n) is 3.49. The molecular weight excluding hydrogens is 248 g/mol. The third kappa shape index (κ3) is 3.84. The summed E-state index contributed by atoms with van der Waals surface area (Å²) in [6.07, 6.45) is 3.34. The van der Waals surface area contributed by atoms with Crippen LogP contribution in [0.25, 0.3) is 10.9 Å². The van der Waals surface area contributed by atoms with Crippen molar-refractivity contribution in [3.05, 3.63) is 36.0 Å². The Morgan fingerprint density at radius 3 is 2.80 bits per heavy atom. The Bertz CT molecular complexity index is 531. The summed E-state index contributed by atoms with van der Waals surface area (Å²) in [6.45, 7) is 8.30. The molecule has 20 heavy (non-hydrogen) atoms. The van der Waals surface area contributed by atoms with Crippen molar-refractivity contribution in [3.63, 3.8) is 0 Å². The minimum Gasteiger partial charge on any atom is -0.385 e. The Hall–Kier alpha value is -1.32. The van der Waals surface area contributed by atoms with E-state index in [1.807, 2.05) is 0 Å². The normalized spacial score (nSPS) is 11.6. The highest BCUT2D eigenvalue weighted by Crippen LogP contribution is 2.21. The molecule has 0 saturated carbocycles. The summed E-state index contributed by atoms with van der Waals surface area (Å²) in [6, 6.07) is 8.65. The fourth-order valence-corrected chi connectivity index (χ4v) is 2.52. The van der Waals surface area contributed by atoms with Crippen molar-refractivity contribution >= 4 is 10.9 Å². The molecule has 0 amide bonds. The van der Waals surface area contributed by atoms with Crippen LogP contribution < -0.4 is 5.32 Å². The molecule has 0 atom stereocenters. The molecule has 1 N–H and O–H groups in total. The first-order chi connectivity index (χ1) is 9.72. The van der Waals surface area contributed by atoms with Gasteiger partial charge in [-0.25, -0.2) is 0 Å². The van der Waals surface area contributed by atoms with Crippen LogP contribution >= 0.6 is 0 Å². The standard InChI is InChI=1S/C17H26N2O/c1-14(2)11-18-12-15-13-19(9-6-10-20-3)17-8-5-4-7-16(15)17/h4-5,7-8,13-14,18H,6,9-12H2,1-3H3. The van der Waals surface area contributed by atoms with Gasteiger partial charge in [0.15, 0.2) is 0 Å². The molecule has 2 aromatic rings. The molecule has 0 aliphatic heterocycles. The van der Waals surface area contributed by atoms with Gasteiger partial charge in [0.25, 0.3) is 0 Å². The SMILES string of the molecule is COCCCn1cc(CNCC(C)C)c2ccccc21. The lowest BCUT2D eigenvalue weighted by molar-refractivity contribution is 0.190. The van der Waals surface area contributed by atoms with Gasteiger partial charge in [-0.15, -0.1) is 0 Å². The van der Waals surface area contributed by atoms with Gasteiger partial charge in [-0.3, -0.25) is 0 Å². The smallest absolute Gasteiger partial charge is 0.0483 e. The first kappa shape index (κ1) is 15.1. The lowest BCUT2D eigenvalue weighted by Crippen LogP contribution is -2.18. The van der Waals surface area contributed by atoms with Crippen molar-refractivity contribution in [1.29, 1.82) is 0 Å². The van der Waals surface area contributed by atoms with Crippen molar-refractivity contribution < 1.29 is 4.74 Å². The van der Waals surface area contributed by atoms with Crippen LogP contribution in [0.3, 0.4) is 0 Å². The van der Waals surface area contributed by atoms with E-state index in [0.717, 1.165) is 32.7 Å². The molecule has 0 fully saturated rings. The zero-order chi connectivity index (χ0) is 14.4. The second-order valence-electron chi connectivity index (χ2n) is 5.74. The summed E-state index contributed by atoms with van der Waals surface area (Å²) in [4.78, 5) is 0. The van der Waals surface area contributed by atoms with Gasteiger partial charge in [0.1, 0.15) is 0 Å². The molecular formula is C17H26N2O. The lowest BCUT2D eigenvalue weighted by Gasteiger charge is -2.06. The Kier molecular flexibility index (Phi) is 5.62. The lowest BCUT2D eigenvalue weighted by atomic mass is 10.1. The second kappa shape index (κ2) is 7.46. The van der Waals surface area contributed by atoms with Crippen LogP contribution in [0.1, 0.15) is 25.8 Å². The fraction of sp³-hybridized carbons (Fsp3) is 0.529. The van der Waals surface area contributed by atoms with E-state index in [4.69, 9.17) is 4.74 Å². The fourth-order valence-electron chi connectivity index (χ4n) is 2.52. The zero-order valence-electron chi connectivity index (χ0n) is 12.9. The average molecular weight is 274 g/mol. The van der Waals surface area contributed by atoms with Crippen LogP contribution in [-0.2, 0) is 17.8 Å². The Labute approximate surface area is 121 Å². The molecule has 3 nitrogen and oxygen atoms in total. The summed E-state index contributed by atoms with van der Waals surface area (Å²) in [7, 11) is 1.76. The summed E-state index contributed by atoms with van der Waals surface area (Å²) in [5.74, 6) is 0.685. The first-order valence-corrected chi connectivity index (χ1v) is 7.48. The van der Waals surface area contributed by atoms with E-state index in [2.05, 4.69) is 54.2 Å². The monoisotopic (exact) mass is 274 g/mol.